The topological polar surface area (TPSA) is 52.3 Å². The minimum atomic E-state index is -0.564. The molecule has 1 atom stereocenters. The highest BCUT2D eigenvalue weighted by Gasteiger charge is 2.16. The molecule has 0 aliphatic heterocycles. The molecule has 1 rings (SSSR count). The van der Waals surface area contributed by atoms with Crippen molar-refractivity contribution in [3.63, 3.8) is 0 Å². The van der Waals surface area contributed by atoms with Gasteiger partial charge in [-0.1, -0.05) is 35.3 Å². The molecule has 0 aromatic heterocycles. The monoisotopic (exact) mass is 273 g/mol. The minimum Gasteiger partial charge on any atom is -0.453 e. The van der Waals surface area contributed by atoms with E-state index >= 15 is 0 Å². The van der Waals surface area contributed by atoms with Gasteiger partial charge in [0.25, 0.3) is 0 Å². The molecule has 1 aromatic rings. The van der Waals surface area contributed by atoms with Crippen LogP contribution in [0, 0.1) is 0 Å². The number of hydrogen-bond acceptors (Lipinski definition) is 3. The Hall–Kier alpha value is -1.19. The first kappa shape index (κ1) is 13.9. The molecule has 0 saturated heterocycles. The van der Waals surface area contributed by atoms with E-state index in [4.69, 9.17) is 33.7 Å². The largest absolute Gasteiger partial charge is 0.453 e. The molecule has 0 amide bonds. The summed E-state index contributed by atoms with van der Waals surface area (Å²) >= 11 is 11.8. The maximum Gasteiger partial charge on any atom is 0.354 e. The van der Waals surface area contributed by atoms with Crippen molar-refractivity contribution >= 4 is 29.2 Å². The number of rotatable bonds is 3. The van der Waals surface area contributed by atoms with Crippen LogP contribution < -0.4 is 5.73 Å². The lowest BCUT2D eigenvalue weighted by molar-refractivity contribution is -0.143. The highest BCUT2D eigenvalue weighted by molar-refractivity contribution is 6.35. The van der Waals surface area contributed by atoms with Crippen molar-refractivity contribution in [2.75, 3.05) is 0 Å². The normalized spacial score (nSPS) is 13.3. The van der Waals surface area contributed by atoms with Crippen molar-refractivity contribution in [2.45, 2.75) is 20.0 Å². The molecule has 5 heteroatoms. The Kier molecular flexibility index (Phi) is 4.85. The Labute approximate surface area is 110 Å². The summed E-state index contributed by atoms with van der Waals surface area (Å²) in [7, 11) is 0. The summed E-state index contributed by atoms with van der Waals surface area (Å²) in [6.07, 6.45) is 1.00. The van der Waals surface area contributed by atoms with Crippen LogP contribution in [0.2, 0.25) is 10.0 Å². The molecule has 0 spiro atoms. The molecule has 0 aliphatic carbocycles. The lowest BCUT2D eigenvalue weighted by atomic mass is 10.1. The molecule has 17 heavy (non-hydrogen) atoms. The third-order valence-corrected chi connectivity index (χ3v) is 2.79. The van der Waals surface area contributed by atoms with Crippen LogP contribution in [0.3, 0.4) is 0 Å². The molecule has 3 nitrogen and oxygen atoms in total. The quantitative estimate of drug-likeness (QED) is 0.678. The Morgan fingerprint density at radius 3 is 2.65 bits per heavy atom. The standard InChI is InChI=1S/C12H13Cl2NO2/c1-3-11(15)12(16)17-7(2)9-5-4-8(13)6-10(9)14/h3-7H,15H2,1-2H3/b11-3-. The number of hydrogen-bond donors (Lipinski definition) is 1. The predicted molar refractivity (Wildman–Crippen MR) is 68.9 cm³/mol. The zero-order chi connectivity index (χ0) is 13.0. The van der Waals surface area contributed by atoms with E-state index in [1.807, 2.05) is 0 Å². The Morgan fingerprint density at radius 1 is 1.47 bits per heavy atom. The van der Waals surface area contributed by atoms with Gasteiger partial charge < -0.3 is 10.5 Å². The predicted octanol–water partition coefficient (Wildman–Crippen LogP) is 3.46. The van der Waals surface area contributed by atoms with Crippen LogP contribution in [0.5, 0.6) is 0 Å². The Balaban J connectivity index is 2.83. The summed E-state index contributed by atoms with van der Waals surface area (Å²) in [5, 5.41) is 0.988. The number of carbonyl (C=O) groups excluding carboxylic acids is 1. The van der Waals surface area contributed by atoms with Gasteiger partial charge in [0, 0.05) is 15.6 Å². The fourth-order valence-corrected chi connectivity index (χ4v) is 1.80. The van der Waals surface area contributed by atoms with E-state index < -0.39 is 12.1 Å². The Morgan fingerprint density at radius 2 is 2.12 bits per heavy atom. The lowest BCUT2D eigenvalue weighted by Gasteiger charge is -2.15. The maximum atomic E-state index is 11.5. The van der Waals surface area contributed by atoms with E-state index in [2.05, 4.69) is 0 Å². The first-order chi connectivity index (χ1) is 7.95. The summed E-state index contributed by atoms with van der Waals surface area (Å²) in [5.41, 5.74) is 6.20. The molecule has 0 saturated carbocycles. The van der Waals surface area contributed by atoms with Crippen LogP contribution in [0.15, 0.2) is 30.0 Å². The number of esters is 1. The zero-order valence-corrected chi connectivity index (χ0v) is 11.0. The van der Waals surface area contributed by atoms with Crippen molar-refractivity contribution < 1.29 is 9.53 Å². The molecule has 92 valence electrons. The third kappa shape index (κ3) is 3.65. The molecular weight excluding hydrogens is 261 g/mol. The Bertz CT molecular complexity index is 458. The fraction of sp³-hybridized carbons (Fsp3) is 0.250. The second-order valence-corrected chi connectivity index (χ2v) is 4.30. The van der Waals surface area contributed by atoms with Gasteiger partial charge >= 0.3 is 5.97 Å². The molecule has 1 unspecified atom stereocenters. The first-order valence-electron chi connectivity index (χ1n) is 5.03. The zero-order valence-electron chi connectivity index (χ0n) is 9.54. The van der Waals surface area contributed by atoms with Crippen molar-refractivity contribution in [1.82, 2.24) is 0 Å². The first-order valence-corrected chi connectivity index (χ1v) is 5.79. The highest BCUT2D eigenvalue weighted by Crippen LogP contribution is 2.28. The van der Waals surface area contributed by atoms with Crippen molar-refractivity contribution in [2.24, 2.45) is 5.73 Å². The smallest absolute Gasteiger partial charge is 0.354 e. The SMILES string of the molecule is C/C=C(\N)C(=O)OC(C)c1ccc(Cl)cc1Cl. The molecule has 0 radical (unpaired) electrons. The van der Waals surface area contributed by atoms with E-state index in [9.17, 15) is 4.79 Å². The summed E-state index contributed by atoms with van der Waals surface area (Å²) in [6, 6.07) is 5.00. The second-order valence-electron chi connectivity index (χ2n) is 3.46. The average Bonchev–Trinajstić information content (AvgIpc) is 2.27. The minimum absolute atomic E-state index is 0.0712. The second kappa shape index (κ2) is 5.94. The van der Waals surface area contributed by atoms with Gasteiger partial charge in [0.05, 0.1) is 0 Å². The van der Waals surface area contributed by atoms with Gasteiger partial charge in [-0.2, -0.15) is 0 Å². The summed E-state index contributed by atoms with van der Waals surface area (Å²) in [5.74, 6) is -0.564. The van der Waals surface area contributed by atoms with Gasteiger partial charge in [-0.3, -0.25) is 0 Å². The van der Waals surface area contributed by atoms with E-state index in [-0.39, 0.29) is 5.70 Å². The van der Waals surface area contributed by atoms with E-state index in [0.29, 0.717) is 15.6 Å². The van der Waals surface area contributed by atoms with Crippen LogP contribution in [0.4, 0.5) is 0 Å². The number of nitrogens with two attached hydrogens (primary N) is 1. The number of allylic oxidation sites excluding steroid dienone is 1. The van der Waals surface area contributed by atoms with Gasteiger partial charge in [0.15, 0.2) is 0 Å². The van der Waals surface area contributed by atoms with Gasteiger partial charge in [-0.15, -0.1) is 0 Å². The maximum absolute atomic E-state index is 11.5. The molecule has 2 N–H and O–H groups in total. The number of benzene rings is 1. The van der Waals surface area contributed by atoms with Crippen LogP contribution in [0.25, 0.3) is 0 Å². The van der Waals surface area contributed by atoms with E-state index in [1.54, 1.807) is 32.0 Å². The van der Waals surface area contributed by atoms with Crippen LogP contribution in [-0.4, -0.2) is 5.97 Å². The van der Waals surface area contributed by atoms with Crippen LogP contribution >= 0.6 is 23.2 Å². The van der Waals surface area contributed by atoms with E-state index in [0.717, 1.165) is 0 Å². The van der Waals surface area contributed by atoms with Crippen molar-refractivity contribution in [3.8, 4) is 0 Å². The summed E-state index contributed by atoms with van der Waals surface area (Å²) in [4.78, 5) is 11.5. The van der Waals surface area contributed by atoms with Crippen molar-refractivity contribution in [1.29, 1.82) is 0 Å². The fourth-order valence-electron chi connectivity index (χ4n) is 1.24. The van der Waals surface area contributed by atoms with Gasteiger partial charge in [-0.25, -0.2) is 4.79 Å². The number of halogens is 2. The summed E-state index contributed by atoms with van der Waals surface area (Å²) in [6.45, 7) is 3.38. The molecular formula is C12H13Cl2NO2. The van der Waals surface area contributed by atoms with Crippen LogP contribution in [-0.2, 0) is 9.53 Å². The molecule has 0 aliphatic rings. The highest BCUT2D eigenvalue weighted by atomic mass is 35.5. The van der Waals surface area contributed by atoms with Crippen LogP contribution in [0.1, 0.15) is 25.5 Å². The molecule has 0 heterocycles. The average molecular weight is 274 g/mol. The summed E-state index contributed by atoms with van der Waals surface area (Å²) < 4.78 is 5.15. The van der Waals surface area contributed by atoms with Gasteiger partial charge in [0.2, 0.25) is 0 Å². The number of ether oxygens (including phenoxy) is 1. The van der Waals surface area contributed by atoms with E-state index in [1.165, 1.54) is 6.08 Å². The van der Waals surface area contributed by atoms with Gasteiger partial charge in [0.1, 0.15) is 11.8 Å². The molecule has 0 bridgehead atoms. The van der Waals surface area contributed by atoms with Gasteiger partial charge in [-0.05, 0) is 26.0 Å². The molecule has 0 fully saturated rings. The number of carbonyl (C=O) groups is 1. The third-order valence-electron chi connectivity index (χ3n) is 2.23. The molecule has 1 aromatic carbocycles. The lowest BCUT2D eigenvalue weighted by Crippen LogP contribution is -2.16. The van der Waals surface area contributed by atoms with Crippen molar-refractivity contribution in [3.05, 3.63) is 45.6 Å².